The van der Waals surface area contributed by atoms with Crippen LogP contribution in [0.15, 0.2) is 53.4 Å². The second-order valence-electron chi connectivity index (χ2n) is 4.73. The van der Waals surface area contributed by atoms with Crippen LogP contribution in [0.5, 0.6) is 0 Å². The number of nitrogens with zero attached hydrogens (tertiary/aromatic N) is 2. The number of benzene rings is 2. The zero-order chi connectivity index (χ0) is 16.4. The fourth-order valence-corrected chi connectivity index (χ4v) is 3.59. The third-order valence-electron chi connectivity index (χ3n) is 3.20. The highest BCUT2D eigenvalue weighted by Crippen LogP contribution is 2.36. The van der Waals surface area contributed by atoms with E-state index in [2.05, 4.69) is 6.07 Å². The van der Waals surface area contributed by atoms with Crippen LogP contribution in [0.4, 0.5) is 5.69 Å². The molecule has 2 aromatic rings. The Morgan fingerprint density at radius 1 is 1.22 bits per heavy atom. The van der Waals surface area contributed by atoms with Gasteiger partial charge in [-0.1, -0.05) is 53.8 Å². The van der Waals surface area contributed by atoms with Crippen molar-refractivity contribution in [3.05, 3.63) is 69.6 Å². The summed E-state index contributed by atoms with van der Waals surface area (Å²) < 4.78 is 0.470. The lowest BCUT2D eigenvalue weighted by atomic mass is 10.1. The van der Waals surface area contributed by atoms with Crippen LogP contribution in [0, 0.1) is 11.3 Å². The number of nitriles is 1. The van der Waals surface area contributed by atoms with Gasteiger partial charge in [-0.25, -0.2) is 0 Å². The van der Waals surface area contributed by atoms with Crippen LogP contribution in [0.3, 0.4) is 0 Å². The Balaban J connectivity index is 1.91. The van der Waals surface area contributed by atoms with E-state index in [1.807, 2.05) is 0 Å². The number of rotatable bonds is 2. The van der Waals surface area contributed by atoms with E-state index < -0.39 is 0 Å². The molecule has 0 atom stereocenters. The van der Waals surface area contributed by atoms with Crippen LogP contribution in [0.25, 0.3) is 6.08 Å². The average Bonchev–Trinajstić information content (AvgIpc) is 2.82. The summed E-state index contributed by atoms with van der Waals surface area (Å²) in [5, 5.41) is 9.36. The number of halogens is 1. The van der Waals surface area contributed by atoms with Crippen molar-refractivity contribution in [1.29, 1.82) is 5.26 Å². The van der Waals surface area contributed by atoms with Crippen molar-refractivity contribution in [3.63, 3.8) is 0 Å². The van der Waals surface area contributed by atoms with Crippen LogP contribution in [-0.4, -0.2) is 10.2 Å². The van der Waals surface area contributed by atoms with Gasteiger partial charge < -0.3 is 0 Å². The van der Waals surface area contributed by atoms with E-state index in [1.54, 1.807) is 54.6 Å². The Bertz CT molecular complexity index is 869. The number of carbonyl (C=O) groups is 1. The van der Waals surface area contributed by atoms with Crippen molar-refractivity contribution >= 4 is 57.6 Å². The van der Waals surface area contributed by atoms with Gasteiger partial charge in [0.25, 0.3) is 5.91 Å². The fourth-order valence-electron chi connectivity index (χ4n) is 2.11. The molecule has 6 heteroatoms. The molecule has 23 heavy (non-hydrogen) atoms. The number of thiocarbonyl (C=S) groups is 1. The normalized spacial score (nSPS) is 16.0. The van der Waals surface area contributed by atoms with E-state index in [9.17, 15) is 4.79 Å². The molecule has 0 unspecified atom stereocenters. The monoisotopic (exact) mass is 356 g/mol. The second kappa shape index (κ2) is 6.55. The molecule has 1 fully saturated rings. The minimum atomic E-state index is -0.174. The van der Waals surface area contributed by atoms with Gasteiger partial charge in [0.15, 0.2) is 4.32 Å². The van der Waals surface area contributed by atoms with Crippen molar-refractivity contribution in [2.24, 2.45) is 0 Å². The standard InChI is InChI=1S/C17H9ClN2OS2/c18-13-2-1-3-14(9-13)20-16(21)15(23-17(20)22)8-11-4-6-12(10-19)7-5-11/h1-9H/b15-8-. The molecule has 0 aromatic heterocycles. The molecule has 0 bridgehead atoms. The molecule has 1 amide bonds. The van der Waals surface area contributed by atoms with Gasteiger partial charge in [-0.15, -0.1) is 0 Å². The Morgan fingerprint density at radius 2 is 1.96 bits per heavy atom. The Kier molecular flexibility index (Phi) is 4.49. The maximum atomic E-state index is 12.6. The largest absolute Gasteiger partial charge is 0.270 e. The molecule has 1 aliphatic heterocycles. The van der Waals surface area contributed by atoms with Crippen molar-refractivity contribution < 1.29 is 4.79 Å². The van der Waals surface area contributed by atoms with Gasteiger partial charge in [0.05, 0.1) is 22.2 Å². The zero-order valence-corrected chi connectivity index (χ0v) is 14.1. The smallest absolute Gasteiger partial charge is 0.268 e. The molecule has 0 aliphatic carbocycles. The van der Waals surface area contributed by atoms with Crippen molar-refractivity contribution in [3.8, 4) is 6.07 Å². The quantitative estimate of drug-likeness (QED) is 0.582. The molecule has 3 nitrogen and oxygen atoms in total. The van der Waals surface area contributed by atoms with Crippen molar-refractivity contribution in [1.82, 2.24) is 0 Å². The lowest BCUT2D eigenvalue weighted by molar-refractivity contribution is -0.113. The van der Waals surface area contributed by atoms with Gasteiger partial charge in [-0.3, -0.25) is 9.69 Å². The van der Waals surface area contributed by atoms with E-state index >= 15 is 0 Å². The van der Waals surface area contributed by atoms with Crippen LogP contribution < -0.4 is 4.90 Å². The summed E-state index contributed by atoms with van der Waals surface area (Å²) in [6.45, 7) is 0. The van der Waals surface area contributed by atoms with E-state index in [0.29, 0.717) is 25.5 Å². The lowest BCUT2D eigenvalue weighted by Crippen LogP contribution is -2.27. The topological polar surface area (TPSA) is 44.1 Å². The molecular weight excluding hydrogens is 348 g/mol. The highest BCUT2D eigenvalue weighted by Gasteiger charge is 2.33. The minimum absolute atomic E-state index is 0.174. The maximum Gasteiger partial charge on any atom is 0.270 e. The summed E-state index contributed by atoms with van der Waals surface area (Å²) in [5.74, 6) is -0.174. The van der Waals surface area contributed by atoms with Gasteiger partial charge in [-0.05, 0) is 42.0 Å². The van der Waals surface area contributed by atoms with Crippen LogP contribution in [0.2, 0.25) is 5.02 Å². The fraction of sp³-hybridized carbons (Fsp3) is 0. The highest BCUT2D eigenvalue weighted by molar-refractivity contribution is 8.27. The molecule has 112 valence electrons. The first-order valence-electron chi connectivity index (χ1n) is 6.62. The van der Waals surface area contributed by atoms with E-state index in [-0.39, 0.29) is 5.91 Å². The number of anilines is 1. The predicted molar refractivity (Wildman–Crippen MR) is 98.3 cm³/mol. The number of thioether (sulfide) groups is 1. The third-order valence-corrected chi connectivity index (χ3v) is 4.73. The first-order valence-corrected chi connectivity index (χ1v) is 8.22. The van der Waals surface area contributed by atoms with Crippen molar-refractivity contribution in [2.75, 3.05) is 4.90 Å². The number of carbonyl (C=O) groups excluding carboxylic acids is 1. The van der Waals surface area contributed by atoms with Crippen LogP contribution >= 0.6 is 35.6 Å². The Hall–Kier alpha value is -2.13. The summed E-state index contributed by atoms with van der Waals surface area (Å²) in [6, 6.07) is 16.1. The summed E-state index contributed by atoms with van der Waals surface area (Å²) in [6.07, 6.45) is 1.77. The minimum Gasteiger partial charge on any atom is -0.268 e. The summed E-state index contributed by atoms with van der Waals surface area (Å²) in [5.41, 5.74) is 2.08. The predicted octanol–water partition coefficient (Wildman–Crippen LogP) is 4.62. The van der Waals surface area contributed by atoms with Gasteiger partial charge >= 0.3 is 0 Å². The van der Waals surface area contributed by atoms with Gasteiger partial charge in [0, 0.05) is 5.02 Å². The Labute approximate surface area is 148 Å². The van der Waals surface area contributed by atoms with Crippen LogP contribution in [-0.2, 0) is 4.79 Å². The van der Waals surface area contributed by atoms with E-state index in [1.165, 1.54) is 16.7 Å². The molecular formula is C17H9ClN2OS2. The van der Waals surface area contributed by atoms with Gasteiger partial charge in [0.2, 0.25) is 0 Å². The molecule has 0 N–H and O–H groups in total. The molecule has 2 aromatic carbocycles. The molecule has 0 spiro atoms. The number of hydrogen-bond acceptors (Lipinski definition) is 4. The zero-order valence-electron chi connectivity index (χ0n) is 11.7. The lowest BCUT2D eigenvalue weighted by Gasteiger charge is -2.14. The third kappa shape index (κ3) is 3.30. The van der Waals surface area contributed by atoms with Gasteiger partial charge in [0.1, 0.15) is 0 Å². The first kappa shape index (κ1) is 15.8. The maximum absolute atomic E-state index is 12.6. The van der Waals surface area contributed by atoms with E-state index in [0.717, 1.165) is 5.56 Å². The molecule has 0 radical (unpaired) electrons. The van der Waals surface area contributed by atoms with Gasteiger partial charge in [-0.2, -0.15) is 5.26 Å². The summed E-state index contributed by atoms with van der Waals surface area (Å²) >= 11 is 12.5. The summed E-state index contributed by atoms with van der Waals surface area (Å²) in [7, 11) is 0. The highest BCUT2D eigenvalue weighted by atomic mass is 35.5. The van der Waals surface area contributed by atoms with E-state index in [4.69, 9.17) is 29.1 Å². The number of amides is 1. The molecule has 1 saturated heterocycles. The Morgan fingerprint density at radius 3 is 2.61 bits per heavy atom. The molecule has 1 heterocycles. The first-order chi connectivity index (χ1) is 11.1. The SMILES string of the molecule is N#Cc1ccc(/C=C2\SC(=S)N(c3cccc(Cl)c3)C2=O)cc1. The molecule has 3 rings (SSSR count). The molecule has 0 saturated carbocycles. The second-order valence-corrected chi connectivity index (χ2v) is 6.84. The number of hydrogen-bond donors (Lipinski definition) is 0. The molecule has 1 aliphatic rings. The van der Waals surface area contributed by atoms with Crippen LogP contribution in [0.1, 0.15) is 11.1 Å². The average molecular weight is 357 g/mol. The van der Waals surface area contributed by atoms with Crippen molar-refractivity contribution in [2.45, 2.75) is 0 Å². The summed E-state index contributed by atoms with van der Waals surface area (Å²) in [4.78, 5) is 14.6.